The average Bonchev–Trinajstić information content (AvgIpc) is 3.16. The van der Waals surface area contributed by atoms with Gasteiger partial charge in [-0.15, -0.1) is 0 Å². The fourth-order valence-electron chi connectivity index (χ4n) is 2.98. The first-order valence-electron chi connectivity index (χ1n) is 8.22. The largest absolute Gasteiger partial charge is 0.337 e. The van der Waals surface area contributed by atoms with Gasteiger partial charge in [0.1, 0.15) is 5.52 Å². The molecule has 4 rings (SSSR count). The zero-order valence-electron chi connectivity index (χ0n) is 14.0. The summed E-state index contributed by atoms with van der Waals surface area (Å²) in [6.07, 6.45) is 2.83. The first-order chi connectivity index (χ1) is 11.7. The number of pyridine rings is 1. The van der Waals surface area contributed by atoms with Crippen molar-refractivity contribution in [3.63, 3.8) is 0 Å². The van der Waals surface area contributed by atoms with Crippen LogP contribution in [-0.4, -0.2) is 25.0 Å². The number of hydrogen-bond acceptors (Lipinski definition) is 4. The number of anilines is 2. The van der Waals surface area contributed by atoms with E-state index < -0.39 is 0 Å². The summed E-state index contributed by atoms with van der Waals surface area (Å²) in [4.78, 5) is 4.38. The minimum atomic E-state index is 0.397. The standard InChI is InChI=1S/C18H20N6/c1-4-11(2)24-12(3)14-10-13(7-8-15(14)23-24)20-18-17-16(21-22-18)6-5-9-19-17/h5-11H,4H2,1-3H3,(H2,20,21,22). The van der Waals surface area contributed by atoms with Gasteiger partial charge in [-0.3, -0.25) is 14.8 Å². The van der Waals surface area contributed by atoms with Crippen LogP contribution in [0, 0.1) is 6.92 Å². The van der Waals surface area contributed by atoms with E-state index >= 15 is 0 Å². The Morgan fingerprint density at radius 1 is 1.29 bits per heavy atom. The van der Waals surface area contributed by atoms with E-state index in [1.807, 2.05) is 24.3 Å². The fourth-order valence-corrected chi connectivity index (χ4v) is 2.98. The molecule has 0 saturated heterocycles. The number of aryl methyl sites for hydroxylation is 1. The van der Waals surface area contributed by atoms with Crippen molar-refractivity contribution in [3.05, 3.63) is 42.2 Å². The van der Waals surface area contributed by atoms with Crippen molar-refractivity contribution < 1.29 is 0 Å². The lowest BCUT2D eigenvalue weighted by Gasteiger charge is -2.11. The lowest BCUT2D eigenvalue weighted by Crippen LogP contribution is -2.07. The molecule has 3 aromatic heterocycles. The molecular formula is C18H20N6. The van der Waals surface area contributed by atoms with E-state index in [0.29, 0.717) is 6.04 Å². The zero-order chi connectivity index (χ0) is 16.7. The highest BCUT2D eigenvalue weighted by atomic mass is 15.3. The number of rotatable bonds is 4. The number of aromatic amines is 1. The van der Waals surface area contributed by atoms with E-state index in [9.17, 15) is 0 Å². The molecule has 122 valence electrons. The van der Waals surface area contributed by atoms with Gasteiger partial charge in [-0.25, -0.2) is 0 Å². The Morgan fingerprint density at radius 2 is 2.17 bits per heavy atom. The van der Waals surface area contributed by atoms with Gasteiger partial charge in [0.2, 0.25) is 0 Å². The minimum absolute atomic E-state index is 0.397. The fraction of sp³-hybridized carbons (Fsp3) is 0.278. The van der Waals surface area contributed by atoms with Crippen LogP contribution in [0.3, 0.4) is 0 Å². The van der Waals surface area contributed by atoms with Crippen LogP contribution in [0.1, 0.15) is 32.0 Å². The summed E-state index contributed by atoms with van der Waals surface area (Å²) in [7, 11) is 0. The number of hydrogen-bond donors (Lipinski definition) is 2. The molecule has 0 bridgehead atoms. The molecule has 2 N–H and O–H groups in total. The lowest BCUT2D eigenvalue weighted by molar-refractivity contribution is 0.471. The summed E-state index contributed by atoms with van der Waals surface area (Å²) in [5.41, 5.74) is 4.94. The van der Waals surface area contributed by atoms with Crippen LogP contribution in [-0.2, 0) is 0 Å². The molecule has 0 aliphatic rings. The number of benzene rings is 1. The van der Waals surface area contributed by atoms with E-state index in [0.717, 1.165) is 39.9 Å². The first-order valence-corrected chi connectivity index (χ1v) is 8.22. The molecule has 0 aliphatic heterocycles. The smallest absolute Gasteiger partial charge is 0.178 e. The van der Waals surface area contributed by atoms with Gasteiger partial charge in [-0.05, 0) is 50.6 Å². The Bertz CT molecular complexity index is 1010. The molecule has 1 aromatic carbocycles. The van der Waals surface area contributed by atoms with Crippen molar-refractivity contribution in [3.8, 4) is 0 Å². The summed E-state index contributed by atoms with van der Waals surface area (Å²) < 4.78 is 2.11. The second-order valence-corrected chi connectivity index (χ2v) is 6.12. The molecule has 0 spiro atoms. The summed E-state index contributed by atoms with van der Waals surface area (Å²) in [5.74, 6) is 0.733. The van der Waals surface area contributed by atoms with E-state index in [-0.39, 0.29) is 0 Å². The Labute approximate surface area is 139 Å². The van der Waals surface area contributed by atoms with Crippen LogP contribution < -0.4 is 5.32 Å². The monoisotopic (exact) mass is 320 g/mol. The van der Waals surface area contributed by atoms with Crippen molar-refractivity contribution in [2.75, 3.05) is 5.32 Å². The van der Waals surface area contributed by atoms with Gasteiger partial charge in [0.25, 0.3) is 0 Å². The van der Waals surface area contributed by atoms with Gasteiger partial charge in [-0.2, -0.15) is 10.2 Å². The highest BCUT2D eigenvalue weighted by Crippen LogP contribution is 2.27. The van der Waals surface area contributed by atoms with Crippen molar-refractivity contribution in [2.24, 2.45) is 0 Å². The summed E-state index contributed by atoms with van der Waals surface area (Å²) in [5, 5.41) is 16.6. The van der Waals surface area contributed by atoms with Crippen LogP contribution in [0.4, 0.5) is 11.5 Å². The lowest BCUT2D eigenvalue weighted by atomic mass is 10.2. The van der Waals surface area contributed by atoms with E-state index in [1.165, 1.54) is 5.69 Å². The normalized spacial score (nSPS) is 12.8. The van der Waals surface area contributed by atoms with Gasteiger partial charge in [0, 0.05) is 29.0 Å². The Hall–Kier alpha value is -2.89. The molecule has 0 fully saturated rings. The summed E-state index contributed by atoms with van der Waals surface area (Å²) in [6, 6.07) is 10.5. The molecule has 0 radical (unpaired) electrons. The topological polar surface area (TPSA) is 71.4 Å². The number of aromatic nitrogens is 5. The molecule has 0 amide bonds. The van der Waals surface area contributed by atoms with Crippen molar-refractivity contribution in [2.45, 2.75) is 33.2 Å². The van der Waals surface area contributed by atoms with Gasteiger partial charge >= 0.3 is 0 Å². The van der Waals surface area contributed by atoms with Gasteiger partial charge in [0.15, 0.2) is 5.82 Å². The SMILES string of the molecule is CCC(C)n1nc2ccc(Nc3n[nH]c4cccnc34)cc2c1C. The van der Waals surface area contributed by atoms with E-state index in [1.54, 1.807) is 6.20 Å². The number of nitrogens with zero attached hydrogens (tertiary/aromatic N) is 4. The van der Waals surface area contributed by atoms with Gasteiger partial charge in [0.05, 0.1) is 11.0 Å². The van der Waals surface area contributed by atoms with Crippen LogP contribution in [0.25, 0.3) is 21.9 Å². The predicted octanol–water partition coefficient (Wildman–Crippen LogP) is 4.33. The maximum Gasteiger partial charge on any atom is 0.178 e. The van der Waals surface area contributed by atoms with Gasteiger partial charge < -0.3 is 5.32 Å². The van der Waals surface area contributed by atoms with Gasteiger partial charge in [-0.1, -0.05) is 6.92 Å². The third-order valence-electron chi connectivity index (χ3n) is 4.54. The summed E-state index contributed by atoms with van der Waals surface area (Å²) >= 11 is 0. The first kappa shape index (κ1) is 14.7. The van der Waals surface area contributed by atoms with Crippen LogP contribution >= 0.6 is 0 Å². The summed E-state index contributed by atoms with van der Waals surface area (Å²) in [6.45, 7) is 6.50. The molecule has 6 nitrogen and oxygen atoms in total. The molecule has 4 aromatic rings. The highest BCUT2D eigenvalue weighted by molar-refractivity contribution is 5.90. The number of H-pyrrole nitrogens is 1. The van der Waals surface area contributed by atoms with Crippen molar-refractivity contribution in [1.82, 2.24) is 25.0 Å². The molecular weight excluding hydrogens is 300 g/mol. The third-order valence-corrected chi connectivity index (χ3v) is 4.54. The number of fused-ring (bicyclic) bond motifs is 2. The number of nitrogens with one attached hydrogen (secondary N) is 2. The molecule has 0 aliphatic carbocycles. The maximum absolute atomic E-state index is 4.73. The van der Waals surface area contributed by atoms with Crippen molar-refractivity contribution >= 4 is 33.4 Å². The minimum Gasteiger partial charge on any atom is -0.337 e. The molecule has 0 saturated carbocycles. The van der Waals surface area contributed by atoms with E-state index in [4.69, 9.17) is 5.10 Å². The molecule has 24 heavy (non-hydrogen) atoms. The Balaban J connectivity index is 1.74. The second kappa shape index (κ2) is 5.63. The Kier molecular flexibility index (Phi) is 3.45. The highest BCUT2D eigenvalue weighted by Gasteiger charge is 2.13. The molecule has 6 heteroatoms. The average molecular weight is 320 g/mol. The molecule has 3 heterocycles. The molecule has 1 atom stereocenters. The molecule has 1 unspecified atom stereocenters. The zero-order valence-corrected chi connectivity index (χ0v) is 14.0. The van der Waals surface area contributed by atoms with Crippen LogP contribution in [0.2, 0.25) is 0 Å². The van der Waals surface area contributed by atoms with Crippen molar-refractivity contribution in [1.29, 1.82) is 0 Å². The van der Waals surface area contributed by atoms with Crippen LogP contribution in [0.15, 0.2) is 36.5 Å². The van der Waals surface area contributed by atoms with E-state index in [2.05, 4.69) is 52.0 Å². The predicted molar refractivity (Wildman–Crippen MR) is 96.6 cm³/mol. The Morgan fingerprint density at radius 3 is 3.00 bits per heavy atom. The second-order valence-electron chi connectivity index (χ2n) is 6.12. The quantitative estimate of drug-likeness (QED) is 0.587. The third kappa shape index (κ3) is 2.31. The maximum atomic E-state index is 4.73. The van der Waals surface area contributed by atoms with Crippen LogP contribution in [0.5, 0.6) is 0 Å².